The average Bonchev–Trinajstić information content (AvgIpc) is 2.37. The number of likely N-dealkylation sites (tertiary alicyclic amines) is 1. The van der Waals surface area contributed by atoms with Crippen molar-refractivity contribution in [3.63, 3.8) is 0 Å². The molecular formula is C14H27N3O2. The summed E-state index contributed by atoms with van der Waals surface area (Å²) in [7, 11) is 1.94. The average molecular weight is 271 g/mol. The first-order valence-electron chi connectivity index (χ1n) is 7.47. The molecule has 5 heteroatoms. The highest BCUT2D eigenvalue weighted by Gasteiger charge is 2.29. The van der Waals surface area contributed by atoms with Gasteiger partial charge in [-0.15, -0.1) is 0 Å². The van der Waals surface area contributed by atoms with Crippen LogP contribution in [0, 0.1) is 5.41 Å². The maximum atomic E-state index is 11.0. The number of nitrogens with zero attached hydrogens (tertiary/aromatic N) is 2. The van der Waals surface area contributed by atoms with Gasteiger partial charge in [-0.25, -0.2) is 0 Å². The van der Waals surface area contributed by atoms with E-state index in [0.29, 0.717) is 25.7 Å². The summed E-state index contributed by atoms with van der Waals surface area (Å²) in [5.41, 5.74) is 0.184. The Kier molecular flexibility index (Phi) is 5.79. The van der Waals surface area contributed by atoms with Crippen molar-refractivity contribution in [3.05, 3.63) is 0 Å². The Bertz CT molecular complexity index is 330. The molecule has 0 aromatic heterocycles. The largest absolute Gasteiger partial charge is 0.345 e. The number of likely N-dealkylation sites (N-methyl/N-ethyl adjacent to an activating group) is 1. The summed E-state index contributed by atoms with van der Waals surface area (Å²) in [5, 5.41) is 3.52. The minimum absolute atomic E-state index is 0.184. The topological polar surface area (TPSA) is 52.7 Å². The minimum Gasteiger partial charge on any atom is -0.345 e. The van der Waals surface area contributed by atoms with E-state index in [1.807, 2.05) is 11.9 Å². The van der Waals surface area contributed by atoms with Crippen LogP contribution in [0.3, 0.4) is 0 Å². The zero-order valence-electron chi connectivity index (χ0n) is 13.3. The van der Waals surface area contributed by atoms with Gasteiger partial charge in [0, 0.05) is 32.2 Å². The Morgan fingerprint density at radius 1 is 1.47 bits per heavy atom. The highest BCUT2D eigenvalue weighted by atomic mass is 16.1. The second-order valence-corrected chi connectivity index (χ2v) is 6.06. The van der Waals surface area contributed by atoms with E-state index >= 15 is 0 Å². The van der Waals surface area contributed by atoms with Crippen molar-refractivity contribution in [1.82, 2.24) is 15.1 Å². The van der Waals surface area contributed by atoms with Gasteiger partial charge in [-0.2, -0.15) is 0 Å². The number of piperidine rings is 1. The van der Waals surface area contributed by atoms with Gasteiger partial charge in [0.2, 0.25) is 6.39 Å². The molecule has 0 spiro atoms. The first-order chi connectivity index (χ1) is 9.36. The Morgan fingerprint density at radius 2 is 2.11 bits per heavy atom. The molecule has 0 saturated carbocycles. The number of hydrogen-bond donors (Lipinski definition) is 1. The second-order valence-electron chi connectivity index (χ2n) is 6.06. The molecule has 110 valence electrons. The number of hydrogen-bond acceptors (Lipinski definition) is 4. The molecule has 1 aliphatic heterocycles. The Morgan fingerprint density at radius 3 is 2.63 bits per heavy atom. The third-order valence-electron chi connectivity index (χ3n) is 3.95. The van der Waals surface area contributed by atoms with Gasteiger partial charge in [-0.3, -0.25) is 9.69 Å². The minimum atomic E-state index is -0.566. The molecule has 1 atom stereocenters. The molecule has 0 radical (unpaired) electrons. The molecule has 1 fully saturated rings. The van der Waals surface area contributed by atoms with Crippen LogP contribution in [-0.2, 0) is 9.59 Å². The molecule has 1 amide bonds. The van der Waals surface area contributed by atoms with Crippen molar-refractivity contribution in [2.45, 2.75) is 32.7 Å². The van der Waals surface area contributed by atoms with E-state index in [1.165, 1.54) is 0 Å². The number of nitrogens with one attached hydrogen (secondary N) is 1. The fourth-order valence-corrected chi connectivity index (χ4v) is 2.47. The quantitative estimate of drug-likeness (QED) is 0.679. The van der Waals surface area contributed by atoms with Crippen molar-refractivity contribution >= 4 is 12.7 Å². The van der Waals surface area contributed by atoms with E-state index < -0.39 is 6.39 Å². The van der Waals surface area contributed by atoms with Crippen LogP contribution in [0.15, 0.2) is 0 Å². The highest BCUT2D eigenvalue weighted by Crippen LogP contribution is 2.29. The van der Waals surface area contributed by atoms with Crippen molar-refractivity contribution in [1.29, 1.82) is 0 Å². The lowest BCUT2D eigenvalue weighted by Crippen LogP contribution is -2.47. The first-order valence-corrected chi connectivity index (χ1v) is 6.97. The Hall–Kier alpha value is -0.940. The molecule has 0 aliphatic carbocycles. The molecule has 5 nitrogen and oxygen atoms in total. The van der Waals surface area contributed by atoms with Crippen LogP contribution in [0.25, 0.3) is 0 Å². The van der Waals surface area contributed by atoms with Crippen LogP contribution in [0.2, 0.25) is 0 Å². The van der Waals surface area contributed by atoms with E-state index in [0.717, 1.165) is 32.2 Å². The van der Waals surface area contributed by atoms with Gasteiger partial charge in [0.1, 0.15) is 7.66 Å². The summed E-state index contributed by atoms with van der Waals surface area (Å²) in [6, 6.07) is 0.326. The number of carbonyl (C=O) groups is 2. The van der Waals surface area contributed by atoms with E-state index in [1.54, 1.807) is 4.90 Å². The summed E-state index contributed by atoms with van der Waals surface area (Å²) in [4.78, 5) is 25.0. The maximum absolute atomic E-state index is 11.0. The van der Waals surface area contributed by atoms with E-state index in [9.17, 15) is 9.59 Å². The van der Waals surface area contributed by atoms with E-state index in [4.69, 9.17) is 1.37 Å². The summed E-state index contributed by atoms with van der Waals surface area (Å²) in [6.45, 7) is 7.92. The Balaban J connectivity index is 2.30. The normalized spacial score (nSPS) is 21.1. The van der Waals surface area contributed by atoms with Crippen molar-refractivity contribution in [2.75, 3.05) is 39.8 Å². The standard InChI is InChI=1S/C14H27N3O2/c1-13(10-16(3)8-9-18)15-11-14(2)4-6-17(12-19)7-5-14/h9,12-13,15H,4-8,10-11H2,1-3H3/i12T. The van der Waals surface area contributed by atoms with Gasteiger partial charge in [-0.1, -0.05) is 6.92 Å². The maximum Gasteiger partial charge on any atom is 0.209 e. The summed E-state index contributed by atoms with van der Waals surface area (Å²) in [5.74, 6) is 0. The lowest BCUT2D eigenvalue weighted by Gasteiger charge is -2.39. The molecule has 0 aromatic carbocycles. The van der Waals surface area contributed by atoms with Crippen LogP contribution in [0.1, 0.15) is 28.1 Å². The molecule has 1 heterocycles. The fourth-order valence-electron chi connectivity index (χ4n) is 2.47. The number of amides is 1. The van der Waals surface area contributed by atoms with Crippen LogP contribution >= 0.6 is 0 Å². The smallest absolute Gasteiger partial charge is 0.209 e. The second kappa shape index (κ2) is 7.60. The molecule has 1 saturated heterocycles. The molecule has 1 unspecified atom stereocenters. The van der Waals surface area contributed by atoms with Crippen molar-refractivity contribution in [3.8, 4) is 0 Å². The zero-order valence-corrected chi connectivity index (χ0v) is 12.3. The molecule has 1 aliphatic rings. The third kappa shape index (κ3) is 5.70. The van der Waals surface area contributed by atoms with Gasteiger partial charge in [-0.05, 0) is 32.2 Å². The number of carbonyl (C=O) groups excluding carboxylic acids is 2. The van der Waals surface area contributed by atoms with Crippen LogP contribution in [-0.4, -0.2) is 68.3 Å². The van der Waals surface area contributed by atoms with E-state index in [2.05, 4.69) is 19.2 Å². The first kappa shape index (κ1) is 14.5. The van der Waals surface area contributed by atoms with Crippen molar-refractivity contribution < 1.29 is 11.0 Å². The van der Waals surface area contributed by atoms with Crippen LogP contribution in [0.4, 0.5) is 0 Å². The molecule has 19 heavy (non-hydrogen) atoms. The van der Waals surface area contributed by atoms with Gasteiger partial charge >= 0.3 is 0 Å². The predicted molar refractivity (Wildman–Crippen MR) is 76.0 cm³/mol. The van der Waals surface area contributed by atoms with Gasteiger partial charge < -0.3 is 15.0 Å². The van der Waals surface area contributed by atoms with Crippen LogP contribution in [0.5, 0.6) is 0 Å². The number of rotatable bonds is 7. The molecule has 1 rings (SSSR count). The third-order valence-corrected chi connectivity index (χ3v) is 3.95. The summed E-state index contributed by atoms with van der Waals surface area (Å²) >= 11 is 0. The van der Waals surface area contributed by atoms with Gasteiger partial charge in [0.05, 0.1) is 6.54 Å². The number of aldehydes is 1. The lowest BCUT2D eigenvalue weighted by molar-refractivity contribution is -0.120. The summed E-state index contributed by atoms with van der Waals surface area (Å²) in [6.07, 6.45) is 2.22. The Labute approximate surface area is 117 Å². The molecule has 0 aromatic rings. The zero-order chi connectivity index (χ0) is 15.2. The predicted octanol–water partition coefficient (Wildman–Crippen LogP) is 0.354. The molecule has 0 bridgehead atoms. The summed E-state index contributed by atoms with van der Waals surface area (Å²) < 4.78 is 7.13. The van der Waals surface area contributed by atoms with Gasteiger partial charge in [0.25, 0.3) is 0 Å². The SMILES string of the molecule is [3H]C(=O)N1CCC(C)(CNC(C)CN(C)CC=O)CC1. The molecule has 1 N–H and O–H groups in total. The van der Waals surface area contributed by atoms with E-state index in [-0.39, 0.29) is 5.41 Å². The van der Waals surface area contributed by atoms with Crippen LogP contribution < -0.4 is 5.32 Å². The lowest BCUT2D eigenvalue weighted by atomic mass is 9.80. The highest BCUT2D eigenvalue weighted by molar-refractivity contribution is 5.51. The van der Waals surface area contributed by atoms with Gasteiger partial charge in [0.15, 0.2) is 0 Å². The monoisotopic (exact) mass is 271 g/mol. The van der Waals surface area contributed by atoms with Crippen molar-refractivity contribution in [2.24, 2.45) is 5.41 Å². The molecular weight excluding hydrogens is 242 g/mol. The fraction of sp³-hybridized carbons (Fsp3) is 0.857.